The predicted octanol–water partition coefficient (Wildman–Crippen LogP) is 1.89. The van der Waals surface area contributed by atoms with Crippen molar-refractivity contribution >= 4 is 44.3 Å². The molecule has 0 saturated carbocycles. The third-order valence-electron chi connectivity index (χ3n) is 4.78. The minimum atomic E-state index is -3.58. The zero-order valence-electron chi connectivity index (χ0n) is 17.2. The van der Waals surface area contributed by atoms with Crippen molar-refractivity contribution in [3.63, 3.8) is 0 Å². The van der Waals surface area contributed by atoms with Gasteiger partial charge in [0.1, 0.15) is 0 Å². The van der Waals surface area contributed by atoms with E-state index in [-0.39, 0.29) is 6.61 Å². The van der Waals surface area contributed by atoms with E-state index < -0.39 is 22.0 Å². The molecule has 3 rings (SSSR count). The molecule has 2 aromatic rings. The number of nitrogens with zero attached hydrogens (tertiary/aromatic N) is 2. The summed E-state index contributed by atoms with van der Waals surface area (Å²) in [6.45, 7) is 3.02. The number of fused-ring (bicyclic) bond motifs is 1. The summed E-state index contributed by atoms with van der Waals surface area (Å²) in [6.07, 6.45) is 1.87. The first-order valence-corrected chi connectivity index (χ1v) is 11.6. The zero-order chi connectivity index (χ0) is 23.7. The molecular weight excluding hydrogens is 460 g/mol. The second-order valence-electron chi connectivity index (χ2n) is 6.92. The molecule has 11 heteroatoms. The molecule has 0 aromatic heterocycles. The number of benzene rings is 2. The maximum atomic E-state index is 13.1. The van der Waals surface area contributed by atoms with E-state index in [4.69, 9.17) is 26.9 Å². The third-order valence-corrected chi connectivity index (χ3v) is 7.07. The van der Waals surface area contributed by atoms with E-state index in [2.05, 4.69) is 4.90 Å². The molecule has 32 heavy (non-hydrogen) atoms. The van der Waals surface area contributed by atoms with E-state index in [1.807, 2.05) is 6.07 Å². The lowest BCUT2D eigenvalue weighted by Crippen LogP contribution is -2.36. The highest BCUT2D eigenvalue weighted by atomic mass is 35.5. The molecule has 0 spiro atoms. The van der Waals surface area contributed by atoms with E-state index in [9.17, 15) is 18.0 Å². The van der Waals surface area contributed by atoms with Gasteiger partial charge in [-0.25, -0.2) is 18.0 Å². The quantitative estimate of drug-likeness (QED) is 0.529. The highest BCUT2D eigenvalue weighted by Crippen LogP contribution is 2.30. The van der Waals surface area contributed by atoms with Crippen molar-refractivity contribution in [1.82, 2.24) is 9.21 Å². The number of hydrogen-bond acceptors (Lipinski definition) is 6. The van der Waals surface area contributed by atoms with Gasteiger partial charge in [-0.15, -0.1) is 0 Å². The number of carboxylic acids is 2. The van der Waals surface area contributed by atoms with Crippen LogP contribution in [-0.4, -0.2) is 84.2 Å². The van der Waals surface area contributed by atoms with Gasteiger partial charge in [0, 0.05) is 54.1 Å². The highest BCUT2D eigenvalue weighted by molar-refractivity contribution is 7.89. The van der Waals surface area contributed by atoms with Crippen LogP contribution in [0.5, 0.6) is 0 Å². The molecule has 0 aliphatic carbocycles. The van der Waals surface area contributed by atoms with Crippen molar-refractivity contribution in [2.24, 2.45) is 0 Å². The van der Waals surface area contributed by atoms with Gasteiger partial charge in [0.2, 0.25) is 10.0 Å². The fourth-order valence-corrected chi connectivity index (χ4v) is 5.22. The van der Waals surface area contributed by atoms with Crippen LogP contribution in [-0.2, 0) is 19.6 Å². The second-order valence-corrected chi connectivity index (χ2v) is 9.24. The normalized spacial score (nSPS) is 15.8. The van der Waals surface area contributed by atoms with Crippen LogP contribution in [0, 0.1) is 0 Å². The standard InChI is InChI=1S/C17H21ClN2O3S.C4H4O4/c18-16-6-1-5-15-14(16)4-2-7-17(15)24(22,23)20-9-3-8-19(10-11-20)12-13-21;5-3(6)1-2-4(7)8/h1-2,4-7,21H,3,8-13H2;1-2H,(H,5,6)(H,7,8)/b;2-1+. The van der Waals surface area contributed by atoms with Gasteiger partial charge in [0.05, 0.1) is 11.5 Å². The Morgan fingerprint density at radius 2 is 1.56 bits per heavy atom. The Labute approximate surface area is 191 Å². The summed E-state index contributed by atoms with van der Waals surface area (Å²) in [7, 11) is -3.58. The summed E-state index contributed by atoms with van der Waals surface area (Å²) in [6, 6.07) is 10.5. The van der Waals surface area contributed by atoms with Crippen LogP contribution >= 0.6 is 11.6 Å². The summed E-state index contributed by atoms with van der Waals surface area (Å²) in [5, 5.41) is 26.6. The number of hydrogen-bond donors (Lipinski definition) is 3. The van der Waals surface area contributed by atoms with Crippen LogP contribution in [0.2, 0.25) is 5.02 Å². The number of aliphatic carboxylic acids is 2. The molecule has 9 nitrogen and oxygen atoms in total. The Hall–Kier alpha value is -2.50. The van der Waals surface area contributed by atoms with E-state index in [0.717, 1.165) is 18.4 Å². The number of carboxylic acid groups (broad SMARTS) is 2. The monoisotopic (exact) mass is 484 g/mol. The molecule has 2 aromatic carbocycles. The lowest BCUT2D eigenvalue weighted by atomic mass is 10.1. The average molecular weight is 485 g/mol. The molecular formula is C21H25ClN2O7S. The van der Waals surface area contributed by atoms with Gasteiger partial charge in [0.25, 0.3) is 0 Å². The molecule has 0 bridgehead atoms. The highest BCUT2D eigenvalue weighted by Gasteiger charge is 2.28. The van der Waals surface area contributed by atoms with Gasteiger partial charge in [-0.05, 0) is 25.1 Å². The van der Waals surface area contributed by atoms with Crippen molar-refractivity contribution in [2.45, 2.75) is 11.3 Å². The molecule has 0 atom stereocenters. The zero-order valence-corrected chi connectivity index (χ0v) is 18.8. The van der Waals surface area contributed by atoms with E-state index in [1.165, 1.54) is 0 Å². The molecule has 0 radical (unpaired) electrons. The van der Waals surface area contributed by atoms with E-state index in [0.29, 0.717) is 53.6 Å². The lowest BCUT2D eigenvalue weighted by molar-refractivity contribution is -0.134. The van der Waals surface area contributed by atoms with Crippen molar-refractivity contribution < 1.29 is 33.3 Å². The molecule has 1 aliphatic rings. The minimum Gasteiger partial charge on any atom is -0.478 e. The minimum absolute atomic E-state index is 0.0918. The smallest absolute Gasteiger partial charge is 0.328 e. The number of sulfonamides is 1. The number of carbonyl (C=O) groups is 2. The van der Waals surface area contributed by atoms with Crippen LogP contribution in [0.3, 0.4) is 0 Å². The molecule has 1 heterocycles. The summed E-state index contributed by atoms with van der Waals surface area (Å²) in [4.78, 5) is 21.5. The SMILES string of the molecule is O=C(O)/C=C/C(=O)O.O=S(=O)(c1cccc2c(Cl)cccc12)N1CCCN(CCO)CC1. The summed E-state index contributed by atoms with van der Waals surface area (Å²) in [5.41, 5.74) is 0. The van der Waals surface area contributed by atoms with Gasteiger partial charge < -0.3 is 15.3 Å². The van der Waals surface area contributed by atoms with Gasteiger partial charge in [-0.3, -0.25) is 4.90 Å². The Morgan fingerprint density at radius 1 is 0.938 bits per heavy atom. The molecule has 1 fully saturated rings. The van der Waals surface area contributed by atoms with Crippen LogP contribution in [0.25, 0.3) is 10.8 Å². The van der Waals surface area contributed by atoms with Crippen LogP contribution in [0.1, 0.15) is 6.42 Å². The maximum Gasteiger partial charge on any atom is 0.328 e. The summed E-state index contributed by atoms with van der Waals surface area (Å²) >= 11 is 6.21. The topological polar surface area (TPSA) is 135 Å². The maximum absolute atomic E-state index is 13.1. The van der Waals surface area contributed by atoms with Crippen molar-refractivity contribution in [3.8, 4) is 0 Å². The molecule has 1 saturated heterocycles. The number of aliphatic hydroxyl groups is 1. The Kier molecular flexibility index (Phi) is 9.60. The Morgan fingerprint density at radius 3 is 2.19 bits per heavy atom. The molecule has 1 aliphatic heterocycles. The van der Waals surface area contributed by atoms with Gasteiger partial charge in [0.15, 0.2) is 0 Å². The molecule has 3 N–H and O–H groups in total. The first kappa shape index (κ1) is 25.8. The number of aliphatic hydroxyl groups excluding tert-OH is 1. The number of β-amino-alcohol motifs (C(OH)–C–C–N with tert-alkyl or cyclic N) is 1. The van der Waals surface area contributed by atoms with E-state index in [1.54, 1.807) is 34.6 Å². The number of rotatable bonds is 6. The molecule has 0 amide bonds. The fourth-order valence-electron chi connectivity index (χ4n) is 3.30. The number of halogens is 1. The summed E-state index contributed by atoms with van der Waals surface area (Å²) in [5.74, 6) is -2.51. The first-order chi connectivity index (χ1) is 15.2. The molecule has 174 valence electrons. The second kappa shape index (κ2) is 11.9. The lowest BCUT2D eigenvalue weighted by Gasteiger charge is -2.22. The van der Waals surface area contributed by atoms with Gasteiger partial charge >= 0.3 is 11.9 Å². The fraction of sp³-hybridized carbons (Fsp3) is 0.333. The van der Waals surface area contributed by atoms with Crippen LogP contribution < -0.4 is 0 Å². The third kappa shape index (κ3) is 7.01. The first-order valence-electron chi connectivity index (χ1n) is 9.81. The van der Waals surface area contributed by atoms with Gasteiger partial charge in [-0.2, -0.15) is 4.31 Å². The van der Waals surface area contributed by atoms with Gasteiger partial charge in [-0.1, -0.05) is 35.9 Å². The van der Waals surface area contributed by atoms with Crippen LogP contribution in [0.15, 0.2) is 53.4 Å². The predicted molar refractivity (Wildman–Crippen MR) is 120 cm³/mol. The summed E-state index contributed by atoms with van der Waals surface area (Å²) < 4.78 is 27.8. The van der Waals surface area contributed by atoms with Crippen molar-refractivity contribution in [1.29, 1.82) is 0 Å². The Bertz CT molecular complexity index is 1070. The van der Waals surface area contributed by atoms with Crippen molar-refractivity contribution in [2.75, 3.05) is 39.3 Å². The molecule has 0 unspecified atom stereocenters. The largest absolute Gasteiger partial charge is 0.478 e. The Balaban J connectivity index is 0.000000390. The van der Waals surface area contributed by atoms with Crippen molar-refractivity contribution in [3.05, 3.63) is 53.6 Å². The van der Waals surface area contributed by atoms with E-state index >= 15 is 0 Å². The van der Waals surface area contributed by atoms with Crippen LogP contribution in [0.4, 0.5) is 0 Å². The average Bonchev–Trinajstić information content (AvgIpc) is 2.99.